The predicted molar refractivity (Wildman–Crippen MR) is 101 cm³/mol. The van der Waals surface area contributed by atoms with Crippen molar-refractivity contribution < 1.29 is 19.1 Å². The maximum absolute atomic E-state index is 12.1. The molecule has 1 atom stereocenters. The second-order valence-corrected chi connectivity index (χ2v) is 7.08. The smallest absolute Gasteiger partial charge is 0.257 e. The molecule has 1 saturated heterocycles. The summed E-state index contributed by atoms with van der Waals surface area (Å²) in [4.78, 5) is 25.9. The molecule has 0 spiro atoms. The SMILES string of the molecule is COc1cc(C(C)=O)ccc1OCC(=O)NCC(C)N1CCC(C)CC1. The first kappa shape index (κ1) is 20.2. The molecular formula is C20H30N2O4. The van der Waals surface area contributed by atoms with Gasteiger partial charge < -0.3 is 14.8 Å². The van der Waals surface area contributed by atoms with E-state index in [2.05, 4.69) is 24.1 Å². The second-order valence-electron chi connectivity index (χ2n) is 7.08. The van der Waals surface area contributed by atoms with Gasteiger partial charge in [0.2, 0.25) is 0 Å². The lowest BCUT2D eigenvalue weighted by Crippen LogP contribution is -2.46. The third-order valence-corrected chi connectivity index (χ3v) is 4.97. The van der Waals surface area contributed by atoms with Crippen LogP contribution < -0.4 is 14.8 Å². The van der Waals surface area contributed by atoms with E-state index in [1.165, 1.54) is 26.9 Å². The summed E-state index contributed by atoms with van der Waals surface area (Å²) in [6, 6.07) is 5.25. The molecule has 0 radical (unpaired) electrons. The van der Waals surface area contributed by atoms with Crippen molar-refractivity contribution in [1.82, 2.24) is 10.2 Å². The van der Waals surface area contributed by atoms with E-state index in [-0.39, 0.29) is 18.3 Å². The van der Waals surface area contributed by atoms with Gasteiger partial charge in [-0.3, -0.25) is 14.5 Å². The molecule has 1 amide bonds. The van der Waals surface area contributed by atoms with Crippen LogP contribution in [-0.4, -0.2) is 56.0 Å². The van der Waals surface area contributed by atoms with Crippen LogP contribution in [0.25, 0.3) is 0 Å². The number of hydrogen-bond donors (Lipinski definition) is 1. The topological polar surface area (TPSA) is 67.9 Å². The van der Waals surface area contributed by atoms with Crippen LogP contribution in [0.2, 0.25) is 0 Å². The van der Waals surface area contributed by atoms with E-state index in [0.717, 1.165) is 19.0 Å². The zero-order valence-corrected chi connectivity index (χ0v) is 16.2. The van der Waals surface area contributed by atoms with E-state index in [1.54, 1.807) is 18.2 Å². The molecule has 1 fully saturated rings. The summed E-state index contributed by atoms with van der Waals surface area (Å²) < 4.78 is 10.8. The summed E-state index contributed by atoms with van der Waals surface area (Å²) in [7, 11) is 1.51. The highest BCUT2D eigenvalue weighted by molar-refractivity contribution is 5.94. The molecule has 1 unspecified atom stereocenters. The molecule has 1 aromatic carbocycles. The molecule has 1 N–H and O–H groups in total. The third kappa shape index (κ3) is 5.73. The number of ketones is 1. The van der Waals surface area contributed by atoms with Crippen molar-refractivity contribution >= 4 is 11.7 Å². The Bertz CT molecular complexity index is 624. The summed E-state index contributed by atoms with van der Waals surface area (Å²) in [6.45, 7) is 8.63. The van der Waals surface area contributed by atoms with Gasteiger partial charge in [-0.2, -0.15) is 0 Å². The summed E-state index contributed by atoms with van der Waals surface area (Å²) in [5.74, 6) is 1.48. The van der Waals surface area contributed by atoms with Crippen molar-refractivity contribution in [3.63, 3.8) is 0 Å². The van der Waals surface area contributed by atoms with Crippen LogP contribution in [0.15, 0.2) is 18.2 Å². The number of hydrogen-bond acceptors (Lipinski definition) is 5. The molecule has 6 nitrogen and oxygen atoms in total. The zero-order chi connectivity index (χ0) is 19.1. The molecule has 144 valence electrons. The number of carbonyl (C=O) groups is 2. The van der Waals surface area contributed by atoms with Crippen LogP contribution in [0.3, 0.4) is 0 Å². The Morgan fingerprint density at radius 2 is 1.96 bits per heavy atom. The van der Waals surface area contributed by atoms with E-state index in [0.29, 0.717) is 29.6 Å². The molecule has 2 rings (SSSR count). The van der Waals surface area contributed by atoms with Crippen molar-refractivity contribution in [2.24, 2.45) is 5.92 Å². The zero-order valence-electron chi connectivity index (χ0n) is 16.2. The molecule has 6 heteroatoms. The number of ether oxygens (including phenoxy) is 2. The Kier molecular flexibility index (Phi) is 7.45. The molecule has 26 heavy (non-hydrogen) atoms. The van der Waals surface area contributed by atoms with Gasteiger partial charge in [-0.25, -0.2) is 0 Å². The van der Waals surface area contributed by atoms with Gasteiger partial charge in [-0.1, -0.05) is 6.92 Å². The molecule has 1 heterocycles. The number of nitrogens with zero attached hydrogens (tertiary/aromatic N) is 1. The minimum atomic E-state index is -0.167. The normalized spacial score (nSPS) is 16.8. The number of nitrogens with one attached hydrogen (secondary N) is 1. The first-order valence-corrected chi connectivity index (χ1v) is 9.23. The van der Waals surface area contributed by atoms with Crippen LogP contribution in [0.1, 0.15) is 44.0 Å². The lowest BCUT2D eigenvalue weighted by atomic mass is 9.98. The van der Waals surface area contributed by atoms with Crippen LogP contribution >= 0.6 is 0 Å². The molecule has 1 aliphatic rings. The largest absolute Gasteiger partial charge is 0.493 e. The van der Waals surface area contributed by atoms with E-state index >= 15 is 0 Å². The highest BCUT2D eigenvalue weighted by atomic mass is 16.5. The summed E-state index contributed by atoms with van der Waals surface area (Å²) in [5.41, 5.74) is 0.545. The van der Waals surface area contributed by atoms with E-state index in [1.807, 2.05) is 0 Å². The number of piperidine rings is 1. The first-order chi connectivity index (χ1) is 12.4. The van der Waals surface area contributed by atoms with E-state index in [4.69, 9.17) is 9.47 Å². The fourth-order valence-corrected chi connectivity index (χ4v) is 3.06. The molecule has 0 aromatic heterocycles. The average molecular weight is 362 g/mol. The summed E-state index contributed by atoms with van der Waals surface area (Å²) in [6.07, 6.45) is 2.44. The van der Waals surface area contributed by atoms with Crippen LogP contribution in [0.5, 0.6) is 11.5 Å². The minimum absolute atomic E-state index is 0.0475. The molecular weight excluding hydrogens is 332 g/mol. The van der Waals surface area contributed by atoms with Gasteiger partial charge in [0.1, 0.15) is 0 Å². The van der Waals surface area contributed by atoms with Crippen molar-refractivity contribution in [1.29, 1.82) is 0 Å². The van der Waals surface area contributed by atoms with E-state index in [9.17, 15) is 9.59 Å². The maximum Gasteiger partial charge on any atom is 0.257 e. The van der Waals surface area contributed by atoms with Gasteiger partial charge in [-0.15, -0.1) is 0 Å². The van der Waals surface area contributed by atoms with Gasteiger partial charge >= 0.3 is 0 Å². The molecule has 1 aromatic rings. The number of amides is 1. The van der Waals surface area contributed by atoms with Gasteiger partial charge in [0.25, 0.3) is 5.91 Å². The van der Waals surface area contributed by atoms with Gasteiger partial charge in [0.15, 0.2) is 23.9 Å². The number of carbonyl (C=O) groups excluding carboxylic acids is 2. The van der Waals surface area contributed by atoms with Gasteiger partial charge in [0.05, 0.1) is 7.11 Å². The van der Waals surface area contributed by atoms with Crippen LogP contribution in [0.4, 0.5) is 0 Å². The van der Waals surface area contributed by atoms with Crippen molar-refractivity contribution in [2.75, 3.05) is 33.4 Å². The summed E-state index contributed by atoms with van der Waals surface area (Å²) >= 11 is 0. The molecule has 0 bridgehead atoms. The minimum Gasteiger partial charge on any atom is -0.493 e. The van der Waals surface area contributed by atoms with Crippen LogP contribution in [0, 0.1) is 5.92 Å². The van der Waals surface area contributed by atoms with Crippen molar-refractivity contribution in [3.05, 3.63) is 23.8 Å². The van der Waals surface area contributed by atoms with Gasteiger partial charge in [-0.05, 0) is 63.9 Å². The second kappa shape index (κ2) is 9.57. The molecule has 0 aliphatic carbocycles. The average Bonchev–Trinajstić information content (AvgIpc) is 2.64. The summed E-state index contributed by atoms with van der Waals surface area (Å²) in [5, 5.41) is 2.93. The number of benzene rings is 1. The lowest BCUT2D eigenvalue weighted by molar-refractivity contribution is -0.123. The number of methoxy groups -OCH3 is 1. The Morgan fingerprint density at radius 1 is 1.27 bits per heavy atom. The Labute approximate surface area is 155 Å². The monoisotopic (exact) mass is 362 g/mol. The number of rotatable bonds is 8. The highest BCUT2D eigenvalue weighted by Gasteiger charge is 2.20. The Morgan fingerprint density at radius 3 is 2.58 bits per heavy atom. The quantitative estimate of drug-likeness (QED) is 0.720. The standard InChI is InChI=1S/C20H30N2O4/c1-14-7-9-22(10-8-14)15(2)12-21-20(24)13-26-18-6-5-17(16(3)23)11-19(18)25-4/h5-6,11,14-15H,7-10,12-13H2,1-4H3,(H,21,24). The Hall–Kier alpha value is -2.08. The molecule has 1 aliphatic heterocycles. The fraction of sp³-hybridized carbons (Fsp3) is 0.600. The van der Waals surface area contributed by atoms with Crippen molar-refractivity contribution in [2.45, 2.75) is 39.7 Å². The van der Waals surface area contributed by atoms with Gasteiger partial charge in [0, 0.05) is 18.2 Å². The third-order valence-electron chi connectivity index (χ3n) is 4.97. The maximum atomic E-state index is 12.1. The molecule has 0 saturated carbocycles. The predicted octanol–water partition coefficient (Wildman–Crippen LogP) is 2.51. The van der Waals surface area contributed by atoms with Crippen LogP contribution in [-0.2, 0) is 4.79 Å². The van der Waals surface area contributed by atoms with E-state index < -0.39 is 0 Å². The fourth-order valence-electron chi connectivity index (χ4n) is 3.06. The van der Waals surface area contributed by atoms with Crippen molar-refractivity contribution in [3.8, 4) is 11.5 Å². The first-order valence-electron chi connectivity index (χ1n) is 9.23. The lowest BCUT2D eigenvalue weighted by Gasteiger charge is -2.35. The number of Topliss-reactive ketones (excluding diaryl/α,β-unsaturated/α-hetero) is 1. The number of likely N-dealkylation sites (tertiary alicyclic amines) is 1. The highest BCUT2D eigenvalue weighted by Crippen LogP contribution is 2.28. The Balaban J connectivity index is 1.79.